The normalized spacial score (nSPS) is 19.0. The highest BCUT2D eigenvalue weighted by atomic mass is 15.0. The van der Waals surface area contributed by atoms with E-state index in [0.717, 1.165) is 12.4 Å². The number of hydrogen-bond donors (Lipinski definition) is 1. The molecule has 0 aromatic carbocycles. The van der Waals surface area contributed by atoms with Gasteiger partial charge in [-0.05, 0) is 18.9 Å². The fourth-order valence-corrected chi connectivity index (χ4v) is 2.32. The summed E-state index contributed by atoms with van der Waals surface area (Å²) in [6.45, 7) is 0.811. The smallest absolute Gasteiger partial charge is 0.141 e. The molecule has 88 valence electrons. The summed E-state index contributed by atoms with van der Waals surface area (Å²) >= 11 is 0. The van der Waals surface area contributed by atoms with Gasteiger partial charge in [-0.15, -0.1) is 0 Å². The molecule has 1 fully saturated rings. The summed E-state index contributed by atoms with van der Waals surface area (Å²) in [6.07, 6.45) is 13.2. The molecule has 0 amide bonds. The second-order valence-corrected chi connectivity index (χ2v) is 4.59. The standard InChI is InChI=1S/C13H21N3/c1-2-4-7-12(8-5-3-1)16-11-13-14-9-6-10-15-13/h6,9-10,12,16H,1-5,7-8,11H2. The van der Waals surface area contributed by atoms with Crippen molar-refractivity contribution in [3.8, 4) is 0 Å². The number of nitrogens with one attached hydrogen (secondary N) is 1. The van der Waals surface area contributed by atoms with Crippen LogP contribution in [-0.2, 0) is 6.54 Å². The van der Waals surface area contributed by atoms with E-state index in [1.807, 2.05) is 18.5 Å². The highest BCUT2D eigenvalue weighted by Gasteiger charge is 2.10. The van der Waals surface area contributed by atoms with Crippen LogP contribution in [0.4, 0.5) is 0 Å². The van der Waals surface area contributed by atoms with Crippen molar-refractivity contribution < 1.29 is 0 Å². The van der Waals surface area contributed by atoms with Crippen LogP contribution in [0.1, 0.15) is 50.8 Å². The predicted molar refractivity (Wildman–Crippen MR) is 65.0 cm³/mol. The van der Waals surface area contributed by atoms with E-state index in [2.05, 4.69) is 15.3 Å². The zero-order chi connectivity index (χ0) is 11.1. The molecular weight excluding hydrogens is 198 g/mol. The molecule has 3 heteroatoms. The first-order valence-electron chi connectivity index (χ1n) is 6.44. The van der Waals surface area contributed by atoms with Crippen molar-refractivity contribution in [3.63, 3.8) is 0 Å². The first-order chi connectivity index (χ1) is 7.95. The maximum absolute atomic E-state index is 4.23. The highest BCUT2D eigenvalue weighted by molar-refractivity contribution is 4.88. The molecule has 3 nitrogen and oxygen atoms in total. The van der Waals surface area contributed by atoms with Crippen LogP contribution >= 0.6 is 0 Å². The average molecular weight is 219 g/mol. The van der Waals surface area contributed by atoms with E-state index in [9.17, 15) is 0 Å². The molecule has 0 aliphatic heterocycles. The maximum atomic E-state index is 4.23. The van der Waals surface area contributed by atoms with Gasteiger partial charge < -0.3 is 5.32 Å². The van der Waals surface area contributed by atoms with Gasteiger partial charge in [0.25, 0.3) is 0 Å². The fraction of sp³-hybridized carbons (Fsp3) is 0.692. The lowest BCUT2D eigenvalue weighted by Crippen LogP contribution is -2.29. The summed E-state index contributed by atoms with van der Waals surface area (Å²) in [6, 6.07) is 2.53. The molecule has 2 rings (SSSR count). The van der Waals surface area contributed by atoms with Crippen LogP contribution in [0.25, 0.3) is 0 Å². The van der Waals surface area contributed by atoms with Gasteiger partial charge >= 0.3 is 0 Å². The molecule has 1 aromatic heterocycles. The van der Waals surface area contributed by atoms with Crippen molar-refractivity contribution >= 4 is 0 Å². The van der Waals surface area contributed by atoms with Crippen molar-refractivity contribution in [1.29, 1.82) is 0 Å². The van der Waals surface area contributed by atoms with Gasteiger partial charge in [-0.3, -0.25) is 0 Å². The molecule has 1 N–H and O–H groups in total. The first-order valence-corrected chi connectivity index (χ1v) is 6.44. The lowest BCUT2D eigenvalue weighted by molar-refractivity contribution is 0.385. The predicted octanol–water partition coefficient (Wildman–Crippen LogP) is 2.68. The molecule has 1 saturated carbocycles. The minimum Gasteiger partial charge on any atom is -0.307 e. The van der Waals surface area contributed by atoms with Gasteiger partial charge in [0.15, 0.2) is 0 Å². The zero-order valence-electron chi connectivity index (χ0n) is 9.86. The van der Waals surface area contributed by atoms with Crippen LogP contribution in [0.3, 0.4) is 0 Å². The fourth-order valence-electron chi connectivity index (χ4n) is 2.32. The highest BCUT2D eigenvalue weighted by Crippen LogP contribution is 2.17. The van der Waals surface area contributed by atoms with E-state index >= 15 is 0 Å². The summed E-state index contributed by atoms with van der Waals surface area (Å²) in [5.41, 5.74) is 0. The SMILES string of the molecule is c1cnc(CNC2CCCCCCC2)nc1. The number of rotatable bonds is 3. The molecule has 0 saturated heterocycles. The van der Waals surface area contributed by atoms with E-state index in [1.54, 1.807) is 0 Å². The lowest BCUT2D eigenvalue weighted by Gasteiger charge is -2.20. The van der Waals surface area contributed by atoms with Gasteiger partial charge in [-0.25, -0.2) is 9.97 Å². The summed E-state index contributed by atoms with van der Waals surface area (Å²) in [4.78, 5) is 8.46. The minimum absolute atomic E-state index is 0.670. The Morgan fingerprint density at radius 1 is 1.00 bits per heavy atom. The van der Waals surface area contributed by atoms with Crippen molar-refractivity contribution in [2.24, 2.45) is 0 Å². The van der Waals surface area contributed by atoms with E-state index in [-0.39, 0.29) is 0 Å². The Bertz CT molecular complexity index is 278. The van der Waals surface area contributed by atoms with Crippen molar-refractivity contribution in [1.82, 2.24) is 15.3 Å². The zero-order valence-corrected chi connectivity index (χ0v) is 9.86. The van der Waals surface area contributed by atoms with Gasteiger partial charge in [0.1, 0.15) is 5.82 Å². The largest absolute Gasteiger partial charge is 0.307 e. The van der Waals surface area contributed by atoms with Gasteiger partial charge in [0, 0.05) is 18.4 Å². The Kier molecular flexibility index (Phi) is 4.74. The quantitative estimate of drug-likeness (QED) is 0.849. The van der Waals surface area contributed by atoms with Crippen LogP contribution < -0.4 is 5.32 Å². The average Bonchev–Trinajstić information content (AvgIpc) is 2.29. The molecule has 1 aliphatic rings. The van der Waals surface area contributed by atoms with Crippen LogP contribution in [0.2, 0.25) is 0 Å². The number of aromatic nitrogens is 2. The molecule has 0 unspecified atom stereocenters. The van der Waals surface area contributed by atoms with Crippen LogP contribution in [-0.4, -0.2) is 16.0 Å². The van der Waals surface area contributed by atoms with Gasteiger partial charge in [0.2, 0.25) is 0 Å². The monoisotopic (exact) mass is 219 g/mol. The first kappa shape index (κ1) is 11.5. The molecule has 1 heterocycles. The molecule has 1 aromatic rings. The molecule has 0 atom stereocenters. The number of hydrogen-bond acceptors (Lipinski definition) is 3. The summed E-state index contributed by atoms with van der Waals surface area (Å²) in [7, 11) is 0. The molecule has 0 bridgehead atoms. The third kappa shape index (κ3) is 3.89. The van der Waals surface area contributed by atoms with Crippen molar-refractivity contribution in [3.05, 3.63) is 24.3 Å². The van der Waals surface area contributed by atoms with E-state index in [4.69, 9.17) is 0 Å². The molecule has 0 radical (unpaired) electrons. The van der Waals surface area contributed by atoms with E-state index in [0.29, 0.717) is 6.04 Å². The Balaban J connectivity index is 1.75. The second-order valence-electron chi connectivity index (χ2n) is 4.59. The summed E-state index contributed by atoms with van der Waals surface area (Å²) < 4.78 is 0. The summed E-state index contributed by atoms with van der Waals surface area (Å²) in [5, 5.41) is 3.58. The van der Waals surface area contributed by atoms with Crippen LogP contribution in [0.15, 0.2) is 18.5 Å². The van der Waals surface area contributed by atoms with E-state index < -0.39 is 0 Å². The van der Waals surface area contributed by atoms with Crippen molar-refractivity contribution in [2.75, 3.05) is 0 Å². The Morgan fingerprint density at radius 3 is 2.31 bits per heavy atom. The lowest BCUT2D eigenvalue weighted by atomic mass is 9.97. The van der Waals surface area contributed by atoms with Gasteiger partial charge in [-0.1, -0.05) is 32.1 Å². The maximum Gasteiger partial charge on any atom is 0.141 e. The molecule has 16 heavy (non-hydrogen) atoms. The van der Waals surface area contributed by atoms with Crippen molar-refractivity contribution in [2.45, 2.75) is 57.5 Å². The summed E-state index contributed by atoms with van der Waals surface area (Å²) in [5.74, 6) is 0.907. The second kappa shape index (κ2) is 6.59. The Hall–Kier alpha value is -0.960. The van der Waals surface area contributed by atoms with Gasteiger partial charge in [0.05, 0.1) is 6.54 Å². The topological polar surface area (TPSA) is 37.8 Å². The third-order valence-electron chi connectivity index (χ3n) is 3.27. The molecule has 1 aliphatic carbocycles. The third-order valence-corrected chi connectivity index (χ3v) is 3.27. The molecular formula is C13H21N3. The van der Waals surface area contributed by atoms with Gasteiger partial charge in [-0.2, -0.15) is 0 Å². The van der Waals surface area contributed by atoms with Crippen LogP contribution in [0, 0.1) is 0 Å². The Labute approximate surface area is 97.7 Å². The Morgan fingerprint density at radius 2 is 1.62 bits per heavy atom. The van der Waals surface area contributed by atoms with E-state index in [1.165, 1.54) is 44.9 Å². The minimum atomic E-state index is 0.670. The number of nitrogens with zero attached hydrogens (tertiary/aromatic N) is 2. The van der Waals surface area contributed by atoms with Crippen LogP contribution in [0.5, 0.6) is 0 Å². The molecule has 0 spiro atoms.